The Morgan fingerprint density at radius 2 is 0.655 bits per heavy atom. The molecule has 0 aromatic heterocycles. The zero-order chi connectivity index (χ0) is 42.6. The van der Waals surface area contributed by atoms with Gasteiger partial charge in [0.2, 0.25) is 0 Å². The summed E-state index contributed by atoms with van der Waals surface area (Å²) < 4.78 is 16.8. The van der Waals surface area contributed by atoms with Crippen LogP contribution in [0.5, 0.6) is 0 Å². The van der Waals surface area contributed by atoms with E-state index in [0.717, 1.165) is 69.6 Å². The molecule has 0 amide bonds. The Kier molecular flexibility index (Phi) is 43.7. The third-order valence-electron chi connectivity index (χ3n) is 12.1. The van der Waals surface area contributed by atoms with Crippen LogP contribution < -0.4 is 0 Å². The first-order chi connectivity index (χ1) is 28.3. The van der Waals surface area contributed by atoms with E-state index >= 15 is 0 Å². The highest BCUT2D eigenvalue weighted by atomic mass is 16.6. The number of carbonyl (C=O) groups excluding carboxylic acids is 3. The lowest BCUT2D eigenvalue weighted by molar-refractivity contribution is -0.167. The molecule has 344 valence electrons. The van der Waals surface area contributed by atoms with Gasteiger partial charge >= 0.3 is 17.9 Å². The van der Waals surface area contributed by atoms with Crippen molar-refractivity contribution in [2.45, 2.75) is 291 Å². The lowest BCUT2D eigenvalue weighted by Crippen LogP contribution is -2.30. The Morgan fingerprint density at radius 3 is 0.983 bits per heavy atom. The van der Waals surface area contributed by atoms with Crippen LogP contribution in [0.2, 0.25) is 0 Å². The fourth-order valence-corrected chi connectivity index (χ4v) is 7.78. The van der Waals surface area contributed by atoms with E-state index in [2.05, 4.69) is 34.6 Å². The van der Waals surface area contributed by atoms with Crippen molar-refractivity contribution in [3.05, 3.63) is 0 Å². The number of esters is 3. The second-order valence-electron chi connectivity index (χ2n) is 18.5. The van der Waals surface area contributed by atoms with Gasteiger partial charge < -0.3 is 14.2 Å². The third kappa shape index (κ3) is 44.0. The van der Waals surface area contributed by atoms with Crippen LogP contribution >= 0.6 is 0 Å². The van der Waals surface area contributed by atoms with Crippen LogP contribution in [0.1, 0.15) is 285 Å². The molecule has 0 radical (unpaired) electrons. The average molecular weight is 821 g/mol. The molecule has 0 spiro atoms. The Labute approximate surface area is 361 Å². The molecule has 0 saturated carbocycles. The minimum absolute atomic E-state index is 0.0639. The molecule has 58 heavy (non-hydrogen) atoms. The van der Waals surface area contributed by atoms with E-state index < -0.39 is 6.10 Å². The molecule has 0 aromatic carbocycles. The van der Waals surface area contributed by atoms with Crippen molar-refractivity contribution in [1.82, 2.24) is 0 Å². The summed E-state index contributed by atoms with van der Waals surface area (Å²) in [4.78, 5) is 37.9. The Morgan fingerprint density at radius 1 is 0.362 bits per heavy atom. The van der Waals surface area contributed by atoms with Gasteiger partial charge in [0.1, 0.15) is 13.2 Å². The largest absolute Gasteiger partial charge is 0.462 e. The lowest BCUT2D eigenvalue weighted by atomic mass is 9.99. The highest BCUT2D eigenvalue weighted by molar-refractivity contribution is 5.71. The number of carbonyl (C=O) groups is 3. The molecule has 1 unspecified atom stereocenters. The van der Waals surface area contributed by atoms with Crippen LogP contribution in [0.25, 0.3) is 0 Å². The van der Waals surface area contributed by atoms with Gasteiger partial charge in [0.15, 0.2) is 6.10 Å². The Hall–Kier alpha value is -1.59. The number of hydrogen-bond donors (Lipinski definition) is 0. The van der Waals surface area contributed by atoms with E-state index in [9.17, 15) is 14.4 Å². The molecule has 0 aromatic rings. The minimum Gasteiger partial charge on any atom is -0.462 e. The molecular formula is C52H100O6. The summed E-state index contributed by atoms with van der Waals surface area (Å²) in [7, 11) is 0. The number of ether oxygens (including phenoxy) is 3. The zero-order valence-corrected chi connectivity index (χ0v) is 39.7. The second kappa shape index (κ2) is 44.9. The quantitative estimate of drug-likeness (QED) is 0.0346. The molecule has 0 aliphatic heterocycles. The van der Waals surface area contributed by atoms with Crippen molar-refractivity contribution < 1.29 is 28.6 Å². The van der Waals surface area contributed by atoms with Crippen molar-refractivity contribution in [2.75, 3.05) is 13.2 Å². The van der Waals surface area contributed by atoms with Gasteiger partial charge in [0, 0.05) is 19.3 Å². The van der Waals surface area contributed by atoms with Gasteiger partial charge in [0.25, 0.3) is 0 Å². The summed E-state index contributed by atoms with van der Waals surface area (Å²) in [6.07, 6.45) is 45.0. The minimum atomic E-state index is -0.761. The van der Waals surface area contributed by atoms with E-state index in [1.807, 2.05) is 0 Å². The first-order valence-electron chi connectivity index (χ1n) is 25.8. The molecule has 0 saturated heterocycles. The molecule has 0 bridgehead atoms. The van der Waals surface area contributed by atoms with Gasteiger partial charge in [-0.2, -0.15) is 0 Å². The summed E-state index contributed by atoms with van der Waals surface area (Å²) in [5.74, 6) is 0.848. The van der Waals surface area contributed by atoms with E-state index in [4.69, 9.17) is 14.2 Å². The number of rotatable bonds is 46. The maximum Gasteiger partial charge on any atom is 0.306 e. The van der Waals surface area contributed by atoms with Crippen molar-refractivity contribution >= 4 is 17.9 Å². The van der Waals surface area contributed by atoms with Crippen LogP contribution in [-0.2, 0) is 28.6 Å². The van der Waals surface area contributed by atoms with Crippen molar-refractivity contribution in [2.24, 2.45) is 11.8 Å². The maximum atomic E-state index is 12.8. The lowest BCUT2D eigenvalue weighted by Gasteiger charge is -2.18. The Bertz CT molecular complexity index is 887. The summed E-state index contributed by atoms with van der Waals surface area (Å²) in [5.41, 5.74) is 0. The number of unbranched alkanes of at least 4 members (excludes halogenated alkanes) is 30. The van der Waals surface area contributed by atoms with E-state index in [0.29, 0.717) is 19.3 Å². The smallest absolute Gasteiger partial charge is 0.306 e. The molecular weight excluding hydrogens is 721 g/mol. The first-order valence-corrected chi connectivity index (χ1v) is 25.8. The SMILES string of the molecule is CCCCCCCCCCCCCCC(=O)O[C@H](COC(=O)CCCCCCCCCCCCCC(C)C)COC(=O)CCCCCCCCCCCCC(C)CC. The van der Waals surface area contributed by atoms with Gasteiger partial charge in [-0.1, -0.05) is 247 Å². The topological polar surface area (TPSA) is 78.9 Å². The van der Waals surface area contributed by atoms with Crippen LogP contribution in [0.4, 0.5) is 0 Å². The van der Waals surface area contributed by atoms with Gasteiger partial charge in [0.05, 0.1) is 0 Å². The molecule has 0 N–H and O–H groups in total. The zero-order valence-electron chi connectivity index (χ0n) is 39.7. The maximum absolute atomic E-state index is 12.8. The number of hydrogen-bond acceptors (Lipinski definition) is 6. The van der Waals surface area contributed by atoms with Crippen molar-refractivity contribution in [1.29, 1.82) is 0 Å². The normalized spacial score (nSPS) is 12.5. The van der Waals surface area contributed by atoms with E-state index in [-0.39, 0.29) is 31.1 Å². The molecule has 6 nitrogen and oxygen atoms in total. The third-order valence-corrected chi connectivity index (χ3v) is 12.1. The average Bonchev–Trinajstić information content (AvgIpc) is 3.21. The molecule has 0 aliphatic carbocycles. The highest BCUT2D eigenvalue weighted by Gasteiger charge is 2.19. The van der Waals surface area contributed by atoms with Crippen LogP contribution in [-0.4, -0.2) is 37.2 Å². The molecule has 2 atom stereocenters. The predicted molar refractivity (Wildman–Crippen MR) is 247 cm³/mol. The van der Waals surface area contributed by atoms with Crippen molar-refractivity contribution in [3.63, 3.8) is 0 Å². The first kappa shape index (κ1) is 56.4. The Balaban J connectivity index is 4.32. The summed E-state index contributed by atoms with van der Waals surface area (Å²) in [5, 5.41) is 0. The van der Waals surface area contributed by atoms with Crippen LogP contribution in [0, 0.1) is 11.8 Å². The van der Waals surface area contributed by atoms with Gasteiger partial charge in [-0.05, 0) is 31.1 Å². The summed E-state index contributed by atoms with van der Waals surface area (Å²) in [6.45, 7) is 11.4. The van der Waals surface area contributed by atoms with Gasteiger partial charge in [-0.3, -0.25) is 14.4 Å². The monoisotopic (exact) mass is 821 g/mol. The van der Waals surface area contributed by atoms with E-state index in [1.165, 1.54) is 173 Å². The predicted octanol–water partition coefficient (Wildman–Crippen LogP) is 16.5. The second-order valence-corrected chi connectivity index (χ2v) is 18.5. The van der Waals surface area contributed by atoms with Crippen molar-refractivity contribution in [3.8, 4) is 0 Å². The molecule has 0 aliphatic rings. The van der Waals surface area contributed by atoms with Gasteiger partial charge in [-0.25, -0.2) is 0 Å². The standard InChI is InChI=1S/C52H100O6/c1-6-8-9-10-11-12-13-16-24-29-34-39-44-52(55)58-49(45-56-50(53)42-37-32-27-22-17-14-15-20-25-30-35-40-47(3)4)46-57-51(54)43-38-33-28-23-19-18-21-26-31-36-41-48(5)7-2/h47-49H,6-46H2,1-5H3/t48?,49-/m1/s1. The molecule has 0 heterocycles. The molecule has 6 heteroatoms. The fraction of sp³-hybridized carbons (Fsp3) is 0.942. The van der Waals surface area contributed by atoms with E-state index in [1.54, 1.807) is 0 Å². The molecule has 0 fully saturated rings. The highest BCUT2D eigenvalue weighted by Crippen LogP contribution is 2.18. The van der Waals surface area contributed by atoms with Crippen LogP contribution in [0.3, 0.4) is 0 Å². The molecule has 0 rings (SSSR count). The fourth-order valence-electron chi connectivity index (χ4n) is 7.78. The summed E-state index contributed by atoms with van der Waals surface area (Å²) in [6, 6.07) is 0. The summed E-state index contributed by atoms with van der Waals surface area (Å²) >= 11 is 0. The van der Waals surface area contributed by atoms with Gasteiger partial charge in [-0.15, -0.1) is 0 Å². The van der Waals surface area contributed by atoms with Crippen LogP contribution in [0.15, 0.2) is 0 Å².